The van der Waals surface area contributed by atoms with Crippen LogP contribution in [-0.4, -0.2) is 33.0 Å². The van der Waals surface area contributed by atoms with Gasteiger partial charge in [0.05, 0.1) is 55.2 Å². The number of carbonyl (C=O) groups is 1. The number of aromatic amines is 3. The van der Waals surface area contributed by atoms with Crippen LogP contribution in [0.25, 0.3) is 78.6 Å². The van der Waals surface area contributed by atoms with Crippen LogP contribution < -0.4 is 0 Å². The Hall–Kier alpha value is -5.88. The Kier molecular flexibility index (Phi) is 9.30. The first-order chi connectivity index (χ1) is 27.1. The number of methoxy groups -OCH3 is 1. The molecule has 0 spiro atoms. The van der Waals surface area contributed by atoms with Crippen molar-refractivity contribution >= 4 is 83.1 Å². The van der Waals surface area contributed by atoms with Crippen molar-refractivity contribution < 1.29 is 53.4 Å². The highest BCUT2D eigenvalue weighted by molar-refractivity contribution is 9.13. The van der Waals surface area contributed by atoms with Gasteiger partial charge >= 0.3 is 5.97 Å². The zero-order valence-electron chi connectivity index (χ0n) is 28.1. The largest absolute Gasteiger partial charge is 0.465 e. The van der Waals surface area contributed by atoms with E-state index in [2.05, 4.69) is 51.8 Å². The lowest BCUT2D eigenvalue weighted by Gasteiger charge is -2.10. The summed E-state index contributed by atoms with van der Waals surface area (Å²) in [6.45, 7) is 0. The molecule has 18 heteroatoms. The average Bonchev–Trinajstić information content (AvgIpc) is 4.04. The maximum Gasteiger partial charge on any atom is 0.337 e. The molecule has 8 bridgehead atoms. The third-order valence-corrected chi connectivity index (χ3v) is 11.4. The van der Waals surface area contributed by atoms with Gasteiger partial charge in [-0.1, -0.05) is 12.1 Å². The molecule has 3 N–H and O–H groups in total. The summed E-state index contributed by atoms with van der Waals surface area (Å²) in [7, 11) is 1.16. The summed E-state index contributed by atoms with van der Waals surface area (Å²) < 4.78 is 155. The molecular formula is C39H16Br2F10N4O2. The Morgan fingerprint density at radius 3 is 1.39 bits per heavy atom. The van der Waals surface area contributed by atoms with Gasteiger partial charge in [-0.15, -0.1) is 0 Å². The van der Waals surface area contributed by atoms with Crippen LogP contribution in [-0.2, 0) is 4.74 Å². The number of halogens is 12. The van der Waals surface area contributed by atoms with Gasteiger partial charge < -0.3 is 19.7 Å². The first kappa shape index (κ1) is 38.0. The van der Waals surface area contributed by atoms with Gasteiger partial charge in [-0.3, -0.25) is 0 Å². The predicted molar refractivity (Wildman–Crippen MR) is 198 cm³/mol. The zero-order valence-corrected chi connectivity index (χ0v) is 31.2. The summed E-state index contributed by atoms with van der Waals surface area (Å²) in [6.07, 6.45) is 2.49. The van der Waals surface area contributed by atoms with E-state index in [9.17, 15) is 31.1 Å². The van der Waals surface area contributed by atoms with E-state index in [1.165, 1.54) is 60.7 Å². The fourth-order valence-electron chi connectivity index (χ4n) is 6.61. The summed E-state index contributed by atoms with van der Waals surface area (Å²) in [5.74, 6) is -23.0. The first-order valence-corrected chi connectivity index (χ1v) is 17.7. The maximum absolute atomic E-state index is 15.7. The number of hydrogen-bond donors (Lipinski definition) is 3. The fourth-order valence-corrected chi connectivity index (χ4v) is 7.60. The second kappa shape index (κ2) is 13.9. The Bertz CT molecular complexity index is 3010. The molecule has 0 atom stereocenters. The topological polar surface area (TPSA) is 86.6 Å². The zero-order chi connectivity index (χ0) is 40.8. The van der Waals surface area contributed by atoms with Gasteiger partial charge in [-0.2, -0.15) is 0 Å². The van der Waals surface area contributed by atoms with Gasteiger partial charge in [-0.05, 0) is 86.0 Å². The van der Waals surface area contributed by atoms with Crippen LogP contribution in [0, 0.1) is 58.2 Å². The molecule has 57 heavy (non-hydrogen) atoms. The summed E-state index contributed by atoms with van der Waals surface area (Å²) in [4.78, 5) is 25.5. The number of H-pyrrole nitrogens is 3. The quantitative estimate of drug-likeness (QED) is 0.0711. The van der Waals surface area contributed by atoms with E-state index in [0.29, 0.717) is 5.56 Å². The molecule has 0 fully saturated rings. The minimum atomic E-state index is -2.39. The number of fused-ring (bicyclic) bond motifs is 9. The standard InChI is InChI=1S/C39H16Br2F10N4O2/c1-57-39(56)13-4-2-12(3-5-13)20-14-6-8-16(52-14)21(23-27(42)31(46)35(50)32(47)28(23)43)17-10-11-19(54-17)37-25(40)26(41)38(55-37)22(18-9-7-15(20)53-18)24-29(44)33(48)36(51)34(49)30(24)45/h2-11,52-53,55H,1H3. The van der Waals surface area contributed by atoms with E-state index in [1.807, 2.05) is 0 Å². The number of carbonyl (C=O) groups excluding carboxylic acids is 1. The molecule has 7 aromatic rings. The minimum Gasteiger partial charge on any atom is -0.465 e. The van der Waals surface area contributed by atoms with E-state index in [1.54, 1.807) is 0 Å². The number of esters is 1. The molecule has 0 saturated heterocycles. The molecular weight excluding hydrogens is 906 g/mol. The molecule has 0 amide bonds. The van der Waals surface area contributed by atoms with E-state index in [0.717, 1.165) is 7.11 Å². The normalized spacial score (nSPS) is 11.9. The second-order valence-corrected chi connectivity index (χ2v) is 14.0. The van der Waals surface area contributed by atoms with Crippen LogP contribution in [0.2, 0.25) is 0 Å². The summed E-state index contributed by atoms with van der Waals surface area (Å²) in [6, 6.07) is 11.1. The van der Waals surface area contributed by atoms with Crippen molar-refractivity contribution in [1.82, 2.24) is 19.9 Å². The minimum absolute atomic E-state index is 0.00645. The first-order valence-electron chi connectivity index (χ1n) is 16.1. The Labute approximate surface area is 328 Å². The molecule has 0 unspecified atom stereocenters. The molecule has 288 valence electrons. The molecule has 3 aromatic carbocycles. The summed E-state index contributed by atoms with van der Waals surface area (Å²) in [5.41, 5.74) is -3.97. The maximum atomic E-state index is 15.7. The highest BCUT2D eigenvalue weighted by Gasteiger charge is 2.32. The number of benzene rings is 3. The van der Waals surface area contributed by atoms with Crippen LogP contribution in [0.5, 0.6) is 0 Å². The molecule has 0 aliphatic carbocycles. The molecule has 0 saturated carbocycles. The van der Waals surface area contributed by atoms with E-state index >= 15 is 17.6 Å². The lowest BCUT2D eigenvalue weighted by atomic mass is 10.0. The number of nitrogens with zero attached hydrogens (tertiary/aromatic N) is 1. The third-order valence-electron chi connectivity index (χ3n) is 9.25. The van der Waals surface area contributed by atoms with Crippen molar-refractivity contribution in [3.8, 4) is 33.4 Å². The number of rotatable bonds is 4. The van der Waals surface area contributed by atoms with Crippen molar-refractivity contribution in [2.45, 2.75) is 0 Å². The van der Waals surface area contributed by atoms with E-state index < -0.39 is 86.4 Å². The van der Waals surface area contributed by atoms with Gasteiger partial charge in [0.15, 0.2) is 46.5 Å². The Morgan fingerprint density at radius 1 is 0.491 bits per heavy atom. The van der Waals surface area contributed by atoms with Gasteiger partial charge in [0.1, 0.15) is 0 Å². The predicted octanol–water partition coefficient (Wildman–Crippen LogP) is 12.4. The lowest BCUT2D eigenvalue weighted by molar-refractivity contribution is 0.0600. The van der Waals surface area contributed by atoms with Crippen molar-refractivity contribution in [3.05, 3.63) is 133 Å². The monoisotopic (exact) mass is 920 g/mol. The van der Waals surface area contributed by atoms with E-state index in [4.69, 9.17) is 4.74 Å². The van der Waals surface area contributed by atoms with Gasteiger partial charge in [-0.25, -0.2) is 53.7 Å². The smallest absolute Gasteiger partial charge is 0.337 e. The SMILES string of the molecule is COC(=O)c1ccc(-c2c3ccc([nH]3)c(-c3c(F)c(F)c(F)c(F)c3F)c3nc(c4[nH]c(c(Br)c4Br)c(-c4c(F)c(F)c(F)c(F)c4F)c4ccc2[nH]4)C=C3)cc1. The number of hydrogen-bond acceptors (Lipinski definition) is 3. The van der Waals surface area contributed by atoms with Crippen molar-refractivity contribution in [3.63, 3.8) is 0 Å². The third kappa shape index (κ3) is 5.83. The molecule has 8 rings (SSSR count). The van der Waals surface area contributed by atoms with Crippen LogP contribution >= 0.6 is 31.9 Å². The fraction of sp³-hybridized carbons (Fsp3) is 0.0256. The average molecular weight is 922 g/mol. The molecule has 1 aliphatic heterocycles. The number of ether oxygens (including phenoxy) is 1. The highest BCUT2D eigenvalue weighted by atomic mass is 79.9. The molecule has 6 nitrogen and oxygen atoms in total. The highest BCUT2D eigenvalue weighted by Crippen LogP contribution is 2.44. The molecule has 1 aliphatic rings. The van der Waals surface area contributed by atoms with E-state index in [-0.39, 0.29) is 64.6 Å². The molecule has 0 radical (unpaired) electrons. The molecule has 4 aromatic heterocycles. The van der Waals surface area contributed by atoms with Gasteiger partial charge in [0.2, 0.25) is 11.6 Å². The van der Waals surface area contributed by atoms with Crippen LogP contribution in [0.15, 0.2) is 57.5 Å². The summed E-state index contributed by atoms with van der Waals surface area (Å²) >= 11 is 6.65. The van der Waals surface area contributed by atoms with Crippen molar-refractivity contribution in [2.24, 2.45) is 0 Å². The van der Waals surface area contributed by atoms with Crippen LogP contribution in [0.1, 0.15) is 21.7 Å². The van der Waals surface area contributed by atoms with Crippen LogP contribution in [0.3, 0.4) is 0 Å². The Morgan fingerprint density at radius 2 is 0.895 bits per heavy atom. The van der Waals surface area contributed by atoms with Crippen LogP contribution in [0.4, 0.5) is 43.9 Å². The van der Waals surface area contributed by atoms with Gasteiger partial charge in [0.25, 0.3) is 0 Å². The second-order valence-electron chi connectivity index (χ2n) is 12.4. The summed E-state index contributed by atoms with van der Waals surface area (Å²) in [5, 5.41) is 0. The number of aromatic nitrogens is 4. The lowest BCUT2D eigenvalue weighted by Crippen LogP contribution is -2.05. The number of nitrogens with one attached hydrogen (secondary N) is 3. The van der Waals surface area contributed by atoms with Crippen molar-refractivity contribution in [2.75, 3.05) is 7.11 Å². The van der Waals surface area contributed by atoms with Gasteiger partial charge in [0, 0.05) is 38.8 Å². The van der Waals surface area contributed by atoms with Crippen molar-refractivity contribution in [1.29, 1.82) is 0 Å². The molecule has 5 heterocycles. The Balaban J connectivity index is 1.62.